The van der Waals surface area contributed by atoms with Gasteiger partial charge in [0.05, 0.1) is 0 Å². The normalized spacial score (nSPS) is 13.1. The smallest absolute Gasteiger partial charge is 0.361 e. The van der Waals surface area contributed by atoms with E-state index in [9.17, 15) is 0 Å². The Hall–Kier alpha value is -7.81. The molecule has 8 aromatic carbocycles. The van der Waals surface area contributed by atoms with Crippen molar-refractivity contribution in [3.05, 3.63) is 280 Å². The molecule has 0 atom stereocenters. The number of benzene rings is 8. The molecule has 0 saturated carbocycles. The van der Waals surface area contributed by atoms with Crippen molar-refractivity contribution >= 4 is 45.3 Å². The zero-order valence-corrected chi connectivity index (χ0v) is 34.6. The predicted molar refractivity (Wildman–Crippen MR) is 262 cm³/mol. The van der Waals surface area contributed by atoms with Crippen LogP contribution in [-0.4, -0.2) is 12.6 Å². The molecule has 0 unspecified atom stereocenters. The molecule has 12 rings (SSSR count). The third-order valence-electron chi connectivity index (χ3n) is 13.0. The highest BCUT2D eigenvalue weighted by Crippen LogP contribution is 2.32. The van der Waals surface area contributed by atoms with Crippen molar-refractivity contribution in [2.24, 2.45) is 0 Å². The Morgan fingerprint density at radius 2 is 0.339 bits per heavy atom. The first-order valence-corrected chi connectivity index (χ1v) is 21.7. The molecule has 0 fully saturated rings. The molecular formula is C58H46B2N2. The Morgan fingerprint density at radius 3 is 0.532 bits per heavy atom. The molecule has 0 bridgehead atoms. The number of fused-ring (bicyclic) bond motifs is 6. The maximum absolute atomic E-state index is 2.49. The average molecular weight is 793 g/mol. The highest BCUT2D eigenvalue weighted by molar-refractivity contribution is 7.10. The fourth-order valence-corrected chi connectivity index (χ4v) is 10.7. The molecule has 0 saturated heterocycles. The second-order valence-electron chi connectivity index (χ2n) is 16.1. The number of hydrogen-bond donors (Lipinski definition) is 0. The minimum absolute atomic E-state index is 1.26. The van der Waals surface area contributed by atoms with Gasteiger partial charge in [-0.05, 0) is 57.6 Å². The quantitative estimate of drug-likeness (QED) is 0.155. The molecule has 0 N–H and O–H groups in total. The number of pyridine rings is 2. The van der Waals surface area contributed by atoms with Gasteiger partial charge in [0.25, 0.3) is 0 Å². The van der Waals surface area contributed by atoms with E-state index in [4.69, 9.17) is 0 Å². The molecule has 62 heavy (non-hydrogen) atoms. The maximum atomic E-state index is 2.49. The van der Waals surface area contributed by atoms with Gasteiger partial charge in [-0.2, -0.15) is 0 Å². The molecule has 0 radical (unpaired) electrons. The van der Waals surface area contributed by atoms with Gasteiger partial charge in [-0.3, -0.25) is 0 Å². The standard InChI is InChI=1S/C46H34B2N2.2C6H6/c1-15-31-49(32-16-1)47(41-25-9-3-19-35(41)36-20-4-10-26-42(36)47)45-29-13-7-23-39(45)40-24-8-14-30-46(40)48(50-33-17-2-18-34-50)43-27-11-5-21-37(43)38-22-6-12-28-44(38)48;2*1-2-4-6-5-3-1/h1-34H;2*1-6H. The lowest BCUT2D eigenvalue weighted by atomic mass is 9.23. The summed E-state index contributed by atoms with van der Waals surface area (Å²) in [5, 5.41) is 0. The number of aromatic nitrogens is 2. The van der Waals surface area contributed by atoms with Crippen LogP contribution in [0.4, 0.5) is 0 Å². The van der Waals surface area contributed by atoms with Crippen LogP contribution in [0.3, 0.4) is 0 Å². The summed E-state index contributed by atoms with van der Waals surface area (Å²) in [6.45, 7) is 0. The van der Waals surface area contributed by atoms with Gasteiger partial charge in [0, 0.05) is 0 Å². The van der Waals surface area contributed by atoms with E-state index in [1.54, 1.807) is 0 Å². The van der Waals surface area contributed by atoms with Crippen LogP contribution >= 0.6 is 0 Å². The number of hydrogen-bond acceptors (Lipinski definition) is 0. The Bertz CT molecular complexity index is 2730. The second-order valence-corrected chi connectivity index (χ2v) is 16.1. The van der Waals surface area contributed by atoms with Gasteiger partial charge < -0.3 is 8.96 Å². The van der Waals surface area contributed by atoms with Gasteiger partial charge in [-0.15, -0.1) is 32.8 Å². The lowest BCUT2D eigenvalue weighted by Gasteiger charge is -2.38. The second kappa shape index (κ2) is 17.0. The monoisotopic (exact) mass is 792 g/mol. The van der Waals surface area contributed by atoms with E-state index >= 15 is 0 Å². The molecule has 4 heterocycles. The van der Waals surface area contributed by atoms with Crippen LogP contribution in [0.25, 0.3) is 33.4 Å². The Labute approximate surface area is 365 Å². The summed E-state index contributed by atoms with van der Waals surface area (Å²) in [5.74, 6) is 0. The zero-order chi connectivity index (χ0) is 41.6. The summed E-state index contributed by atoms with van der Waals surface area (Å²) in [4.78, 5) is 0. The third kappa shape index (κ3) is 6.40. The van der Waals surface area contributed by atoms with Crippen molar-refractivity contribution in [1.29, 1.82) is 0 Å². The SMILES string of the molecule is c1cc[n+]([B-]2(c3ccccc3-c3ccccc3[B-]3([n+]4ccccc4)c4ccccc4-c4ccccc43)c3ccccc3-c3ccccc32)cc1.c1ccccc1.c1ccccc1. The summed E-state index contributed by atoms with van der Waals surface area (Å²) in [5.41, 5.74) is 15.8. The van der Waals surface area contributed by atoms with Gasteiger partial charge in [0.1, 0.15) is 24.8 Å². The highest BCUT2D eigenvalue weighted by atomic mass is 14.9. The minimum Gasteiger partial charge on any atom is -0.415 e. The Balaban J connectivity index is 0.000000331. The number of rotatable bonds is 5. The van der Waals surface area contributed by atoms with Gasteiger partial charge in [-0.1, -0.05) is 231 Å². The molecule has 4 heteroatoms. The Morgan fingerprint density at radius 1 is 0.177 bits per heavy atom. The van der Waals surface area contributed by atoms with Crippen LogP contribution in [0.1, 0.15) is 0 Å². The molecule has 2 aromatic heterocycles. The van der Waals surface area contributed by atoms with Crippen molar-refractivity contribution in [3.8, 4) is 33.4 Å². The van der Waals surface area contributed by atoms with Crippen molar-refractivity contribution in [2.45, 2.75) is 0 Å². The van der Waals surface area contributed by atoms with E-state index in [0.29, 0.717) is 0 Å². The van der Waals surface area contributed by atoms with Crippen molar-refractivity contribution in [2.75, 3.05) is 0 Å². The molecule has 10 aromatic rings. The summed E-state index contributed by atoms with van der Waals surface area (Å²) < 4.78 is 4.97. The van der Waals surface area contributed by atoms with Crippen LogP contribution in [0, 0.1) is 0 Å². The highest BCUT2D eigenvalue weighted by Gasteiger charge is 2.52. The third-order valence-corrected chi connectivity index (χ3v) is 13.0. The topological polar surface area (TPSA) is 7.76 Å². The van der Waals surface area contributed by atoms with Gasteiger partial charge in [-0.25, -0.2) is 0 Å². The fourth-order valence-electron chi connectivity index (χ4n) is 10.7. The van der Waals surface area contributed by atoms with E-state index in [1.165, 1.54) is 66.2 Å². The lowest BCUT2D eigenvalue weighted by Crippen LogP contribution is -2.84. The van der Waals surface area contributed by atoms with Crippen LogP contribution in [0.15, 0.2) is 280 Å². The van der Waals surface area contributed by atoms with Crippen molar-refractivity contribution in [1.82, 2.24) is 0 Å². The van der Waals surface area contributed by atoms with Crippen molar-refractivity contribution in [3.63, 3.8) is 0 Å². The van der Waals surface area contributed by atoms with Crippen LogP contribution in [0.2, 0.25) is 0 Å². The number of nitrogens with zero attached hydrogens (tertiary/aromatic N) is 2. The first-order valence-electron chi connectivity index (χ1n) is 21.7. The molecule has 2 aliphatic rings. The molecule has 2 aliphatic heterocycles. The van der Waals surface area contributed by atoms with Gasteiger partial charge in [0.15, 0.2) is 0 Å². The fraction of sp³-hybridized carbons (Fsp3) is 0. The summed E-state index contributed by atoms with van der Waals surface area (Å²) in [7, 11) is 0. The largest absolute Gasteiger partial charge is 0.415 e. The first kappa shape index (κ1) is 38.4. The summed E-state index contributed by atoms with van der Waals surface area (Å²) in [6.07, 6.45) is 5.83. The average Bonchev–Trinajstić information content (AvgIpc) is 3.85. The van der Waals surface area contributed by atoms with E-state index < -0.39 is 12.6 Å². The molecule has 0 spiro atoms. The van der Waals surface area contributed by atoms with Gasteiger partial charge in [0.2, 0.25) is 0 Å². The van der Waals surface area contributed by atoms with E-state index in [2.05, 4.69) is 216 Å². The molecule has 0 amide bonds. The van der Waals surface area contributed by atoms with E-state index in [1.807, 2.05) is 72.8 Å². The lowest BCUT2D eigenvalue weighted by molar-refractivity contribution is -0.539. The molecular weight excluding hydrogens is 746 g/mol. The maximum Gasteiger partial charge on any atom is 0.361 e. The van der Waals surface area contributed by atoms with E-state index in [-0.39, 0.29) is 0 Å². The van der Waals surface area contributed by atoms with Crippen LogP contribution in [0.5, 0.6) is 0 Å². The predicted octanol–water partition coefficient (Wildman–Crippen LogP) is 8.29. The zero-order valence-electron chi connectivity index (χ0n) is 34.6. The molecule has 294 valence electrons. The Kier molecular flexibility index (Phi) is 10.6. The summed E-state index contributed by atoms with van der Waals surface area (Å²) >= 11 is 0. The molecule has 0 aliphatic carbocycles. The van der Waals surface area contributed by atoms with Crippen LogP contribution < -0.4 is 41.7 Å². The summed E-state index contributed by atoms with van der Waals surface area (Å²) in [6, 6.07) is 91.4. The molecule has 2 nitrogen and oxygen atoms in total. The minimum atomic E-state index is -1.61. The first-order chi connectivity index (χ1) is 30.8. The van der Waals surface area contributed by atoms with Crippen LogP contribution in [-0.2, 0) is 0 Å². The van der Waals surface area contributed by atoms with Crippen molar-refractivity contribution < 1.29 is 8.96 Å². The van der Waals surface area contributed by atoms with E-state index in [0.717, 1.165) is 0 Å². The van der Waals surface area contributed by atoms with Gasteiger partial charge >= 0.3 is 12.6 Å².